The lowest BCUT2D eigenvalue weighted by Gasteiger charge is -2.11. The largest absolute Gasteiger partial charge is 0.417 e. The van der Waals surface area contributed by atoms with Crippen LogP contribution in [0.5, 0.6) is 0 Å². The number of rotatable bonds is 2. The molecule has 0 saturated carbocycles. The maximum Gasteiger partial charge on any atom is 0.417 e. The number of halogens is 3. The fraction of sp³-hybridized carbons (Fsp3) is 0.200. The Hall–Kier alpha value is -2.43. The van der Waals surface area contributed by atoms with Crippen molar-refractivity contribution in [2.45, 2.75) is 13.1 Å². The molecule has 0 aliphatic carbocycles. The van der Waals surface area contributed by atoms with E-state index in [0.29, 0.717) is 12.1 Å². The van der Waals surface area contributed by atoms with Crippen molar-refractivity contribution in [1.82, 2.24) is 0 Å². The van der Waals surface area contributed by atoms with Gasteiger partial charge in [0.15, 0.2) is 5.78 Å². The van der Waals surface area contributed by atoms with E-state index in [4.69, 9.17) is 5.26 Å². The molecular formula is C10H5F3N2O3. The van der Waals surface area contributed by atoms with Crippen LogP contribution in [0.2, 0.25) is 0 Å². The third kappa shape index (κ3) is 2.29. The van der Waals surface area contributed by atoms with Crippen LogP contribution in [0.15, 0.2) is 12.1 Å². The fourth-order valence-electron chi connectivity index (χ4n) is 1.46. The van der Waals surface area contributed by atoms with E-state index in [1.54, 1.807) is 0 Å². The summed E-state index contributed by atoms with van der Waals surface area (Å²) in [7, 11) is 0. The van der Waals surface area contributed by atoms with E-state index in [1.165, 1.54) is 6.07 Å². The van der Waals surface area contributed by atoms with Crippen LogP contribution in [-0.2, 0) is 6.18 Å². The van der Waals surface area contributed by atoms with Gasteiger partial charge in [-0.2, -0.15) is 18.4 Å². The van der Waals surface area contributed by atoms with E-state index in [-0.39, 0.29) is 0 Å². The zero-order valence-electron chi connectivity index (χ0n) is 8.91. The van der Waals surface area contributed by atoms with Crippen molar-refractivity contribution < 1.29 is 22.9 Å². The fourth-order valence-corrected chi connectivity index (χ4v) is 1.46. The van der Waals surface area contributed by atoms with Gasteiger partial charge in [0.05, 0.1) is 10.5 Å². The highest BCUT2D eigenvalue weighted by Crippen LogP contribution is 2.37. The first-order valence-electron chi connectivity index (χ1n) is 4.49. The molecule has 0 aliphatic heterocycles. The molecule has 0 radical (unpaired) electrons. The number of nitro benzene ring substituents is 1. The summed E-state index contributed by atoms with van der Waals surface area (Å²) in [4.78, 5) is 20.8. The minimum Gasteiger partial charge on any atom is -0.294 e. The summed E-state index contributed by atoms with van der Waals surface area (Å²) in [5.74, 6) is -1.12. The summed E-state index contributed by atoms with van der Waals surface area (Å²) in [6, 6.07) is 2.55. The van der Waals surface area contributed by atoms with Crippen LogP contribution in [0, 0.1) is 21.4 Å². The predicted octanol–water partition coefficient (Wildman–Crippen LogP) is 2.69. The lowest BCUT2D eigenvalue weighted by atomic mass is 9.98. The van der Waals surface area contributed by atoms with Gasteiger partial charge in [-0.3, -0.25) is 14.9 Å². The number of ketones is 1. The van der Waals surface area contributed by atoms with Gasteiger partial charge in [-0.05, 0) is 19.1 Å². The lowest BCUT2D eigenvalue weighted by Crippen LogP contribution is -2.14. The van der Waals surface area contributed by atoms with E-state index >= 15 is 0 Å². The van der Waals surface area contributed by atoms with Gasteiger partial charge < -0.3 is 0 Å². The summed E-state index contributed by atoms with van der Waals surface area (Å²) in [6.07, 6.45) is -4.90. The molecule has 0 fully saturated rings. The average Bonchev–Trinajstić information content (AvgIpc) is 2.25. The maximum atomic E-state index is 12.6. The molecule has 0 unspecified atom stereocenters. The van der Waals surface area contributed by atoms with E-state index in [9.17, 15) is 28.1 Å². The molecule has 0 bridgehead atoms. The number of Topliss-reactive ketones (excluding diaryl/α,β-unsaturated/α-hetero) is 1. The van der Waals surface area contributed by atoms with Gasteiger partial charge in [0.2, 0.25) is 0 Å². The molecule has 1 aromatic carbocycles. The molecule has 0 aliphatic rings. The predicted molar refractivity (Wildman–Crippen MR) is 52.8 cm³/mol. The molecule has 0 N–H and O–H groups in total. The number of nitro groups is 1. The standard InChI is InChI=1S/C10H5F3N2O3/c1-5(16)8-7(10(11,12)13)3-2-6(4-14)9(8)15(17)18/h2-3H,1H3. The quantitative estimate of drug-likeness (QED) is 0.463. The van der Waals surface area contributed by atoms with Crippen molar-refractivity contribution >= 4 is 11.5 Å². The summed E-state index contributed by atoms with van der Waals surface area (Å²) >= 11 is 0. The number of carbonyl (C=O) groups is 1. The Morgan fingerprint density at radius 2 is 2.00 bits per heavy atom. The van der Waals surface area contributed by atoms with Crippen molar-refractivity contribution in [3.8, 4) is 6.07 Å². The Morgan fingerprint density at radius 3 is 2.33 bits per heavy atom. The lowest BCUT2D eigenvalue weighted by molar-refractivity contribution is -0.385. The minimum atomic E-state index is -4.90. The van der Waals surface area contributed by atoms with Crippen LogP contribution in [0.25, 0.3) is 0 Å². The van der Waals surface area contributed by atoms with Gasteiger partial charge in [-0.1, -0.05) is 0 Å². The van der Waals surface area contributed by atoms with Crippen molar-refractivity contribution in [1.29, 1.82) is 5.26 Å². The number of nitrogens with zero attached hydrogens (tertiary/aromatic N) is 2. The number of hydrogen-bond acceptors (Lipinski definition) is 4. The van der Waals surface area contributed by atoms with Gasteiger partial charge in [-0.25, -0.2) is 0 Å². The van der Waals surface area contributed by atoms with E-state index < -0.39 is 39.3 Å². The molecule has 94 valence electrons. The molecule has 1 rings (SSSR count). The summed E-state index contributed by atoms with van der Waals surface area (Å²) < 4.78 is 37.9. The molecule has 0 atom stereocenters. The highest BCUT2D eigenvalue weighted by molar-refractivity contribution is 6.00. The summed E-state index contributed by atoms with van der Waals surface area (Å²) in [6.45, 7) is 0.777. The van der Waals surface area contributed by atoms with Crippen molar-refractivity contribution in [3.63, 3.8) is 0 Å². The van der Waals surface area contributed by atoms with Gasteiger partial charge in [0, 0.05) is 0 Å². The molecule has 0 aromatic heterocycles. The van der Waals surface area contributed by atoms with Gasteiger partial charge >= 0.3 is 6.18 Å². The van der Waals surface area contributed by atoms with Crippen LogP contribution in [0.4, 0.5) is 18.9 Å². The monoisotopic (exact) mass is 258 g/mol. The Kier molecular flexibility index (Phi) is 3.37. The van der Waals surface area contributed by atoms with Crippen LogP contribution in [0.3, 0.4) is 0 Å². The third-order valence-electron chi connectivity index (χ3n) is 2.14. The Labute approximate surface area is 98.6 Å². The van der Waals surface area contributed by atoms with Gasteiger partial charge in [-0.15, -0.1) is 0 Å². The Bertz CT molecular complexity index is 573. The second-order valence-corrected chi connectivity index (χ2v) is 3.31. The zero-order chi connectivity index (χ0) is 14.1. The number of benzene rings is 1. The minimum absolute atomic E-state index is 0.488. The number of nitriles is 1. The Balaban J connectivity index is 3.81. The van der Waals surface area contributed by atoms with Gasteiger partial charge in [0.1, 0.15) is 17.2 Å². The smallest absolute Gasteiger partial charge is 0.294 e. The molecule has 0 amide bonds. The molecule has 1 aromatic rings. The van der Waals surface area contributed by atoms with E-state index in [1.807, 2.05) is 0 Å². The SMILES string of the molecule is CC(=O)c1c(C(F)(F)F)ccc(C#N)c1[N+](=O)[O-]. The molecule has 0 saturated heterocycles. The second kappa shape index (κ2) is 4.44. The molecule has 0 heterocycles. The van der Waals surface area contributed by atoms with Crippen LogP contribution in [-0.4, -0.2) is 10.7 Å². The van der Waals surface area contributed by atoms with E-state index in [2.05, 4.69) is 0 Å². The maximum absolute atomic E-state index is 12.6. The number of carbonyl (C=O) groups excluding carboxylic acids is 1. The summed E-state index contributed by atoms with van der Waals surface area (Å²) in [5.41, 5.74) is -4.20. The van der Waals surface area contributed by atoms with Crippen molar-refractivity contribution in [2.24, 2.45) is 0 Å². The van der Waals surface area contributed by atoms with Crippen molar-refractivity contribution in [3.05, 3.63) is 38.9 Å². The topological polar surface area (TPSA) is 84.0 Å². The first-order chi connectivity index (χ1) is 8.20. The first kappa shape index (κ1) is 13.6. The normalized spacial score (nSPS) is 10.8. The highest BCUT2D eigenvalue weighted by atomic mass is 19.4. The van der Waals surface area contributed by atoms with Crippen LogP contribution >= 0.6 is 0 Å². The highest BCUT2D eigenvalue weighted by Gasteiger charge is 2.39. The molecule has 8 heteroatoms. The summed E-state index contributed by atoms with van der Waals surface area (Å²) in [5, 5.41) is 19.3. The number of alkyl halides is 3. The molecule has 18 heavy (non-hydrogen) atoms. The van der Waals surface area contributed by atoms with Gasteiger partial charge in [0.25, 0.3) is 5.69 Å². The molecular weight excluding hydrogens is 253 g/mol. The first-order valence-corrected chi connectivity index (χ1v) is 4.49. The second-order valence-electron chi connectivity index (χ2n) is 3.31. The Morgan fingerprint density at radius 1 is 1.44 bits per heavy atom. The number of hydrogen-bond donors (Lipinski definition) is 0. The van der Waals surface area contributed by atoms with Crippen molar-refractivity contribution in [2.75, 3.05) is 0 Å². The van der Waals surface area contributed by atoms with E-state index in [0.717, 1.165) is 6.92 Å². The third-order valence-corrected chi connectivity index (χ3v) is 2.14. The van der Waals surface area contributed by atoms with Crippen LogP contribution < -0.4 is 0 Å². The average molecular weight is 258 g/mol. The molecule has 5 nitrogen and oxygen atoms in total. The molecule has 0 spiro atoms. The zero-order valence-corrected chi connectivity index (χ0v) is 8.91. The van der Waals surface area contributed by atoms with Crippen LogP contribution in [0.1, 0.15) is 28.4 Å².